The van der Waals surface area contributed by atoms with E-state index >= 15 is 0 Å². The number of halogens is 4. The Morgan fingerprint density at radius 2 is 1.74 bits per heavy atom. The Balaban J connectivity index is 1.28. The number of aromatic nitrogens is 4. The maximum Gasteiger partial charge on any atom is 0.417 e. The highest BCUT2D eigenvalue weighted by Crippen LogP contribution is 2.36. The van der Waals surface area contributed by atoms with Gasteiger partial charge in [0, 0.05) is 17.1 Å². The van der Waals surface area contributed by atoms with Crippen molar-refractivity contribution in [2.75, 3.05) is 22.5 Å². The van der Waals surface area contributed by atoms with E-state index in [9.17, 15) is 22.8 Å². The first-order valence-corrected chi connectivity index (χ1v) is 11.8. The number of nitrogens with zero attached hydrogens (tertiary/aromatic N) is 4. The number of nitrogens with one attached hydrogen (secondary N) is 4. The number of rotatable bonds is 5. The smallest absolute Gasteiger partial charge is 0.308 e. The molecule has 196 valence electrons. The standard InChI is InChI=1S/C24H20ClF3N8O2/c25-17-8-5-14(10-16(17)24(26,27)28)34-23(38)33-13-3-6-15(7-4-13)36-12-32-19-20(30-11-31-21(19)36)35-22(37)18-2-1-9-29-18/h3-8,10-12,18,29H,1-2,9H2,(H2,33,34,38)(H,30,31,35,37). The summed E-state index contributed by atoms with van der Waals surface area (Å²) in [7, 11) is 0. The van der Waals surface area contributed by atoms with E-state index in [4.69, 9.17) is 11.6 Å². The van der Waals surface area contributed by atoms with Crippen molar-refractivity contribution in [2.45, 2.75) is 25.1 Å². The minimum absolute atomic E-state index is 0.0629. The lowest BCUT2D eigenvalue weighted by Gasteiger charge is -2.12. The van der Waals surface area contributed by atoms with Crippen molar-refractivity contribution in [3.63, 3.8) is 0 Å². The number of imidazole rings is 1. The maximum absolute atomic E-state index is 13.1. The van der Waals surface area contributed by atoms with E-state index in [2.05, 4.69) is 36.2 Å². The average molecular weight is 545 g/mol. The van der Waals surface area contributed by atoms with Crippen LogP contribution in [0.1, 0.15) is 18.4 Å². The number of benzene rings is 2. The molecular formula is C24H20ClF3N8O2. The van der Waals surface area contributed by atoms with Gasteiger partial charge in [0.05, 0.1) is 16.6 Å². The first kappa shape index (κ1) is 25.4. The van der Waals surface area contributed by atoms with E-state index in [1.807, 2.05) is 0 Å². The van der Waals surface area contributed by atoms with Crippen LogP contribution in [0.15, 0.2) is 55.1 Å². The molecule has 0 bridgehead atoms. The van der Waals surface area contributed by atoms with Crippen molar-refractivity contribution in [3.05, 3.63) is 65.7 Å². The molecule has 1 unspecified atom stereocenters. The Hall–Kier alpha value is -4.23. The van der Waals surface area contributed by atoms with Crippen molar-refractivity contribution in [3.8, 4) is 5.69 Å². The zero-order chi connectivity index (χ0) is 26.9. The molecule has 38 heavy (non-hydrogen) atoms. The Bertz CT molecular complexity index is 1500. The van der Waals surface area contributed by atoms with E-state index in [1.54, 1.807) is 28.8 Å². The fraction of sp³-hybridized carbons (Fsp3) is 0.208. The number of fused-ring (bicyclic) bond motifs is 1. The monoisotopic (exact) mass is 544 g/mol. The van der Waals surface area contributed by atoms with Crippen LogP contribution in [0.5, 0.6) is 0 Å². The number of carbonyl (C=O) groups excluding carboxylic acids is 2. The average Bonchev–Trinajstić information content (AvgIpc) is 3.56. The second kappa shape index (κ2) is 10.3. The van der Waals surface area contributed by atoms with Gasteiger partial charge < -0.3 is 21.3 Å². The zero-order valence-electron chi connectivity index (χ0n) is 19.5. The molecule has 1 saturated heterocycles. The number of urea groups is 1. The molecule has 5 rings (SSSR count). The van der Waals surface area contributed by atoms with Gasteiger partial charge in [-0.1, -0.05) is 11.6 Å². The molecule has 1 aliphatic heterocycles. The van der Waals surface area contributed by atoms with Crippen molar-refractivity contribution in [1.29, 1.82) is 0 Å². The molecule has 0 spiro atoms. The first-order chi connectivity index (χ1) is 18.2. The van der Waals surface area contributed by atoms with E-state index in [0.29, 0.717) is 28.4 Å². The van der Waals surface area contributed by atoms with Crippen molar-refractivity contribution < 1.29 is 22.8 Å². The van der Waals surface area contributed by atoms with Gasteiger partial charge in [0.1, 0.15) is 12.7 Å². The van der Waals surface area contributed by atoms with Crippen LogP contribution in [0, 0.1) is 0 Å². The Morgan fingerprint density at radius 3 is 2.45 bits per heavy atom. The number of alkyl halides is 3. The summed E-state index contributed by atoms with van der Waals surface area (Å²) in [5, 5.41) is 10.4. The normalized spacial score (nSPS) is 15.4. The highest BCUT2D eigenvalue weighted by Gasteiger charge is 2.33. The van der Waals surface area contributed by atoms with Crippen LogP contribution in [0.25, 0.3) is 16.9 Å². The second-order valence-corrected chi connectivity index (χ2v) is 8.87. The van der Waals surface area contributed by atoms with Crippen LogP contribution in [0.4, 0.5) is 35.2 Å². The third kappa shape index (κ3) is 5.38. The quantitative estimate of drug-likeness (QED) is 0.285. The number of hydrogen-bond donors (Lipinski definition) is 4. The first-order valence-electron chi connectivity index (χ1n) is 11.5. The van der Waals surface area contributed by atoms with Crippen molar-refractivity contribution in [2.24, 2.45) is 0 Å². The summed E-state index contributed by atoms with van der Waals surface area (Å²) in [6.45, 7) is 0.790. The Labute approximate surface area is 218 Å². The van der Waals surface area contributed by atoms with Gasteiger partial charge in [0.2, 0.25) is 5.91 Å². The highest BCUT2D eigenvalue weighted by molar-refractivity contribution is 6.31. The SMILES string of the molecule is O=C(Nc1ccc(-n2cnc3c(NC(=O)C4CCCN4)ncnc32)cc1)Nc1ccc(Cl)c(C(F)(F)F)c1. The molecule has 0 aliphatic carbocycles. The molecular weight excluding hydrogens is 525 g/mol. The molecule has 1 aliphatic rings. The van der Waals surface area contributed by atoms with E-state index in [-0.39, 0.29) is 17.6 Å². The van der Waals surface area contributed by atoms with Crippen LogP contribution in [0.3, 0.4) is 0 Å². The fourth-order valence-electron chi connectivity index (χ4n) is 4.05. The third-order valence-corrected chi connectivity index (χ3v) is 6.21. The number of carbonyl (C=O) groups is 2. The number of amides is 3. The molecule has 10 nitrogen and oxygen atoms in total. The van der Waals surface area contributed by atoms with Gasteiger partial charge in [0.15, 0.2) is 17.0 Å². The third-order valence-electron chi connectivity index (χ3n) is 5.88. The van der Waals surface area contributed by atoms with E-state index in [1.165, 1.54) is 18.7 Å². The van der Waals surface area contributed by atoms with Gasteiger partial charge in [-0.25, -0.2) is 19.7 Å². The minimum atomic E-state index is -4.65. The summed E-state index contributed by atoms with van der Waals surface area (Å²) < 4.78 is 40.9. The van der Waals surface area contributed by atoms with Crippen molar-refractivity contribution in [1.82, 2.24) is 24.8 Å². The summed E-state index contributed by atoms with van der Waals surface area (Å²) in [6.07, 6.45) is -0.0983. The topological polar surface area (TPSA) is 126 Å². The summed E-state index contributed by atoms with van der Waals surface area (Å²) in [6, 6.07) is 8.71. The fourth-order valence-corrected chi connectivity index (χ4v) is 4.27. The highest BCUT2D eigenvalue weighted by atomic mass is 35.5. The molecule has 2 aromatic heterocycles. The van der Waals surface area contributed by atoms with Crippen LogP contribution < -0.4 is 21.3 Å². The lowest BCUT2D eigenvalue weighted by molar-refractivity contribution is -0.137. The summed E-state index contributed by atoms with van der Waals surface area (Å²) >= 11 is 5.61. The molecule has 3 heterocycles. The minimum Gasteiger partial charge on any atom is -0.308 e. The molecule has 0 saturated carbocycles. The molecule has 0 radical (unpaired) electrons. The van der Waals surface area contributed by atoms with E-state index < -0.39 is 22.8 Å². The Morgan fingerprint density at radius 1 is 1.00 bits per heavy atom. The van der Waals surface area contributed by atoms with Crippen LogP contribution in [-0.2, 0) is 11.0 Å². The van der Waals surface area contributed by atoms with Gasteiger partial charge >= 0.3 is 12.2 Å². The molecule has 1 fully saturated rings. The van der Waals surface area contributed by atoms with Gasteiger partial charge in [0.25, 0.3) is 0 Å². The zero-order valence-corrected chi connectivity index (χ0v) is 20.3. The molecule has 1 atom stereocenters. The van der Waals surface area contributed by atoms with Gasteiger partial charge in [-0.05, 0) is 61.9 Å². The van der Waals surface area contributed by atoms with Gasteiger partial charge in [-0.2, -0.15) is 13.2 Å². The van der Waals surface area contributed by atoms with Crippen LogP contribution in [0.2, 0.25) is 5.02 Å². The van der Waals surface area contributed by atoms with Gasteiger partial charge in [-0.3, -0.25) is 9.36 Å². The van der Waals surface area contributed by atoms with Crippen LogP contribution >= 0.6 is 11.6 Å². The second-order valence-electron chi connectivity index (χ2n) is 8.47. The molecule has 4 aromatic rings. The molecule has 3 amide bonds. The molecule has 14 heteroatoms. The largest absolute Gasteiger partial charge is 0.417 e. The maximum atomic E-state index is 13.1. The summed E-state index contributed by atoms with van der Waals surface area (Å²) in [5.41, 5.74) is 0.840. The summed E-state index contributed by atoms with van der Waals surface area (Å²) in [4.78, 5) is 37.6. The Kier molecular flexibility index (Phi) is 6.87. The lowest BCUT2D eigenvalue weighted by Crippen LogP contribution is -2.35. The molecule has 4 N–H and O–H groups in total. The number of hydrogen-bond acceptors (Lipinski definition) is 6. The lowest BCUT2D eigenvalue weighted by atomic mass is 10.2. The predicted octanol–water partition coefficient (Wildman–Crippen LogP) is 4.82. The molecule has 2 aromatic carbocycles. The van der Waals surface area contributed by atoms with Gasteiger partial charge in [-0.15, -0.1) is 0 Å². The predicted molar refractivity (Wildman–Crippen MR) is 135 cm³/mol. The van der Waals surface area contributed by atoms with Crippen molar-refractivity contribution >= 4 is 51.9 Å². The van der Waals surface area contributed by atoms with Crippen LogP contribution in [-0.4, -0.2) is 44.0 Å². The summed E-state index contributed by atoms with van der Waals surface area (Å²) in [5.74, 6) is 0.122. The van der Waals surface area contributed by atoms with E-state index in [0.717, 1.165) is 31.5 Å². The number of anilines is 3.